The maximum atomic E-state index is 12.8. The van der Waals surface area contributed by atoms with Crippen LogP contribution in [0.1, 0.15) is 6.42 Å². The molecule has 0 spiro atoms. The first-order chi connectivity index (χ1) is 10.8. The zero-order chi connectivity index (χ0) is 20.3. The number of sulfonamides is 1. The molecule has 25 heavy (non-hydrogen) atoms. The molecule has 0 aromatic heterocycles. The number of nitrogens with one attached hydrogen (secondary N) is 1. The van der Waals surface area contributed by atoms with Crippen LogP contribution in [-0.2, 0) is 20.1 Å². The first kappa shape index (κ1) is 24.4. The minimum Gasteiger partial charge on any atom is -0.386 e. The van der Waals surface area contributed by atoms with Crippen LogP contribution in [0.2, 0.25) is 0 Å². The molecule has 0 rings (SSSR count). The van der Waals surface area contributed by atoms with E-state index in [1.165, 1.54) is 14.1 Å². The Hall–Kier alpha value is -0.610. The molecule has 0 bridgehead atoms. The number of quaternary nitrogens is 1. The van der Waals surface area contributed by atoms with Gasteiger partial charge in [0.1, 0.15) is 18.4 Å². The first-order valence-electron chi connectivity index (χ1n) is 6.70. The van der Waals surface area contributed by atoms with Gasteiger partial charge in [0.2, 0.25) is 0 Å². The fraction of sp³-hybridized carbons (Fsp3) is 1.00. The number of hydrogen-bond acceptors (Lipinski definition) is 5. The molecule has 0 saturated heterocycles. The first-order valence-corrected chi connectivity index (χ1v) is 9.79. The molecule has 0 aliphatic heterocycles. The van der Waals surface area contributed by atoms with E-state index >= 15 is 0 Å². The molecular formula is C10H20F5N2O6S2+. The predicted molar refractivity (Wildman–Crippen MR) is 76.8 cm³/mol. The van der Waals surface area contributed by atoms with Crippen molar-refractivity contribution in [2.75, 3.05) is 39.5 Å². The largest absolute Gasteiger partial charge is 0.470 e. The van der Waals surface area contributed by atoms with Gasteiger partial charge in [-0.1, -0.05) is 0 Å². The number of halogens is 5. The SMILES string of the molecule is C[N+](C)(CCCNS(=O)(=O)C(F)(F)C(F)(F)F)CC(O)CS(=O)(=O)O. The van der Waals surface area contributed by atoms with Crippen molar-refractivity contribution in [3.8, 4) is 0 Å². The van der Waals surface area contributed by atoms with Gasteiger partial charge in [-0.2, -0.15) is 30.4 Å². The van der Waals surface area contributed by atoms with Crippen LogP contribution in [0.3, 0.4) is 0 Å². The van der Waals surface area contributed by atoms with Crippen molar-refractivity contribution in [1.29, 1.82) is 0 Å². The molecule has 0 saturated carbocycles. The monoisotopic (exact) mass is 423 g/mol. The molecule has 0 radical (unpaired) electrons. The summed E-state index contributed by atoms with van der Waals surface area (Å²) >= 11 is 0. The van der Waals surface area contributed by atoms with Crippen molar-refractivity contribution in [3.05, 3.63) is 0 Å². The Labute approximate surface area is 142 Å². The number of rotatable bonds is 10. The Morgan fingerprint density at radius 3 is 1.96 bits per heavy atom. The molecule has 0 aliphatic rings. The molecule has 3 N–H and O–H groups in total. The zero-order valence-electron chi connectivity index (χ0n) is 13.3. The highest BCUT2D eigenvalue weighted by Gasteiger charge is 2.67. The van der Waals surface area contributed by atoms with Gasteiger partial charge in [0.15, 0.2) is 0 Å². The van der Waals surface area contributed by atoms with E-state index in [0.717, 1.165) is 4.72 Å². The highest BCUT2D eigenvalue weighted by Crippen LogP contribution is 2.39. The Bertz CT molecular complexity index is 647. The summed E-state index contributed by atoms with van der Waals surface area (Å²) in [5.41, 5.74) is 0. The van der Waals surface area contributed by atoms with Gasteiger partial charge in [-0.3, -0.25) is 4.55 Å². The number of likely N-dealkylation sites (N-methyl/N-ethyl adjacent to an activating group) is 1. The molecule has 1 unspecified atom stereocenters. The zero-order valence-corrected chi connectivity index (χ0v) is 14.9. The molecule has 0 amide bonds. The van der Waals surface area contributed by atoms with E-state index < -0.39 is 50.0 Å². The van der Waals surface area contributed by atoms with Crippen LogP contribution in [0.15, 0.2) is 0 Å². The van der Waals surface area contributed by atoms with Crippen LogP contribution in [0.4, 0.5) is 22.0 Å². The Balaban J connectivity index is 4.57. The van der Waals surface area contributed by atoms with Gasteiger partial charge in [0.05, 0.1) is 20.6 Å². The van der Waals surface area contributed by atoms with E-state index in [1.54, 1.807) is 0 Å². The lowest BCUT2D eigenvalue weighted by atomic mass is 10.3. The minimum atomic E-state index is -6.26. The fourth-order valence-corrected chi connectivity index (χ4v) is 3.40. The molecule has 1 atom stereocenters. The third-order valence-corrected chi connectivity index (χ3v) is 5.30. The van der Waals surface area contributed by atoms with Gasteiger partial charge >= 0.3 is 11.4 Å². The summed E-state index contributed by atoms with van der Waals surface area (Å²) in [6.07, 6.45) is -7.87. The third kappa shape index (κ3) is 8.08. The van der Waals surface area contributed by atoms with E-state index in [2.05, 4.69) is 0 Å². The molecule has 8 nitrogen and oxygen atoms in total. The van der Waals surface area contributed by atoms with Crippen molar-refractivity contribution in [2.45, 2.75) is 24.0 Å². The summed E-state index contributed by atoms with van der Waals surface area (Å²) in [6, 6.07) is 0. The van der Waals surface area contributed by atoms with Gasteiger partial charge in [-0.15, -0.1) is 0 Å². The van der Waals surface area contributed by atoms with Gasteiger partial charge in [-0.25, -0.2) is 13.1 Å². The second-order valence-electron chi connectivity index (χ2n) is 6.01. The van der Waals surface area contributed by atoms with Crippen LogP contribution in [0.25, 0.3) is 0 Å². The molecule has 0 fully saturated rings. The second kappa shape index (κ2) is 7.96. The molecule has 15 heteroatoms. The highest BCUT2D eigenvalue weighted by molar-refractivity contribution is 7.90. The summed E-state index contributed by atoms with van der Waals surface area (Å²) in [5, 5.41) is 3.58. The number of hydrogen-bond donors (Lipinski definition) is 3. The van der Waals surface area contributed by atoms with Crippen molar-refractivity contribution in [3.63, 3.8) is 0 Å². The Morgan fingerprint density at radius 1 is 1.08 bits per heavy atom. The number of aliphatic hydroxyl groups is 1. The van der Waals surface area contributed by atoms with Crippen molar-refractivity contribution in [2.24, 2.45) is 0 Å². The van der Waals surface area contributed by atoms with Crippen LogP contribution in [0, 0.1) is 0 Å². The van der Waals surface area contributed by atoms with E-state index in [0.29, 0.717) is 0 Å². The molecule has 152 valence electrons. The lowest BCUT2D eigenvalue weighted by Gasteiger charge is -2.31. The quantitative estimate of drug-likeness (QED) is 0.193. The Morgan fingerprint density at radius 2 is 1.56 bits per heavy atom. The van der Waals surface area contributed by atoms with Crippen LogP contribution >= 0.6 is 0 Å². The predicted octanol–water partition coefficient (Wildman–Crippen LogP) is -0.224. The smallest absolute Gasteiger partial charge is 0.386 e. The molecule has 0 aromatic carbocycles. The average Bonchev–Trinajstić information content (AvgIpc) is 2.29. The normalized spacial score (nSPS) is 16.0. The summed E-state index contributed by atoms with van der Waals surface area (Å²) in [5.74, 6) is -0.931. The van der Waals surface area contributed by atoms with Crippen molar-refractivity contribution >= 4 is 20.1 Å². The lowest BCUT2D eigenvalue weighted by molar-refractivity contribution is -0.893. The van der Waals surface area contributed by atoms with Crippen LogP contribution < -0.4 is 4.72 Å². The van der Waals surface area contributed by atoms with Gasteiger partial charge < -0.3 is 9.59 Å². The number of aliphatic hydroxyl groups excluding tert-OH is 1. The molecule has 0 aliphatic carbocycles. The highest BCUT2D eigenvalue weighted by atomic mass is 32.2. The summed E-state index contributed by atoms with van der Waals surface area (Å²) in [4.78, 5) is 0. The topological polar surface area (TPSA) is 121 Å². The van der Waals surface area contributed by atoms with Crippen molar-refractivity contribution in [1.82, 2.24) is 4.72 Å². The maximum Gasteiger partial charge on any atom is 0.470 e. The summed E-state index contributed by atoms with van der Waals surface area (Å²) < 4.78 is 115. The van der Waals surface area contributed by atoms with E-state index in [1.807, 2.05) is 0 Å². The van der Waals surface area contributed by atoms with Crippen LogP contribution in [-0.4, -0.2) is 88.0 Å². The van der Waals surface area contributed by atoms with E-state index in [4.69, 9.17) is 4.55 Å². The number of alkyl halides is 5. The van der Waals surface area contributed by atoms with E-state index in [-0.39, 0.29) is 24.0 Å². The lowest BCUT2D eigenvalue weighted by Crippen LogP contribution is -2.51. The number of nitrogens with zero attached hydrogens (tertiary/aromatic N) is 1. The van der Waals surface area contributed by atoms with E-state index in [9.17, 15) is 43.9 Å². The molecule has 0 aromatic rings. The second-order valence-corrected chi connectivity index (χ2v) is 9.32. The molecule has 0 heterocycles. The fourth-order valence-electron chi connectivity index (χ4n) is 1.91. The maximum absolute atomic E-state index is 12.8. The average molecular weight is 423 g/mol. The molecular weight excluding hydrogens is 403 g/mol. The van der Waals surface area contributed by atoms with Gasteiger partial charge in [0, 0.05) is 13.0 Å². The van der Waals surface area contributed by atoms with Crippen molar-refractivity contribution < 1.29 is 52.9 Å². The summed E-state index contributed by atoms with van der Waals surface area (Å²) in [6.45, 7) is -0.891. The summed E-state index contributed by atoms with van der Waals surface area (Å²) in [7, 11) is -7.42. The van der Waals surface area contributed by atoms with Gasteiger partial charge in [0.25, 0.3) is 20.1 Å². The Kier molecular flexibility index (Phi) is 7.76. The third-order valence-electron chi connectivity index (χ3n) is 3.01. The van der Waals surface area contributed by atoms with Crippen LogP contribution in [0.5, 0.6) is 0 Å². The standard InChI is InChI=1S/C10H19F5N2O6S2/c1-17(2,6-8(18)7-24(19,20)21)5-3-4-16-25(22,23)10(14,15)9(11,12)13/h8,16,18H,3-7H2,1-2H3/p+1. The minimum absolute atomic E-state index is 0.0165. The van der Waals surface area contributed by atoms with Gasteiger partial charge in [-0.05, 0) is 0 Å².